The fraction of sp³-hybridized carbons (Fsp3) is 0.235. The minimum Gasteiger partial charge on any atom is -0.465 e. The predicted octanol–water partition coefficient (Wildman–Crippen LogP) is 2.78. The summed E-state index contributed by atoms with van der Waals surface area (Å²) in [5.74, 6) is 0.505. The van der Waals surface area contributed by atoms with Crippen LogP contribution in [0, 0.1) is 5.92 Å². The molecule has 144 valence electrons. The smallest absolute Gasteiger partial charge is 0.405 e. The van der Waals surface area contributed by atoms with Crippen LogP contribution >= 0.6 is 23.2 Å². The zero-order chi connectivity index (χ0) is 20.0. The maximum Gasteiger partial charge on any atom is 0.405 e. The highest BCUT2D eigenvalue weighted by atomic mass is 35.5. The van der Waals surface area contributed by atoms with E-state index in [4.69, 9.17) is 28.9 Å². The molecule has 2 aromatic heterocycles. The number of fused-ring (bicyclic) bond motifs is 1. The molecule has 1 fully saturated rings. The third-order valence-electron chi connectivity index (χ3n) is 4.49. The van der Waals surface area contributed by atoms with Crippen LogP contribution in [-0.2, 0) is 0 Å². The number of halogens is 2. The topological polar surface area (TPSA) is 136 Å². The van der Waals surface area contributed by atoms with Crippen molar-refractivity contribution >= 4 is 46.0 Å². The summed E-state index contributed by atoms with van der Waals surface area (Å²) in [5.41, 5.74) is 5.27. The summed E-state index contributed by atoms with van der Waals surface area (Å²) in [6.45, 7) is 0. The number of nitrogens with zero attached hydrogens (tertiary/aromatic N) is 4. The number of hydrogen-bond donors (Lipinski definition) is 3. The van der Waals surface area contributed by atoms with Crippen molar-refractivity contribution in [2.45, 2.75) is 18.9 Å². The number of nitrogens with two attached hydrogens (primary N) is 1. The zero-order valence-corrected chi connectivity index (χ0v) is 15.8. The Hall–Kier alpha value is -2.91. The van der Waals surface area contributed by atoms with Crippen LogP contribution in [0.25, 0.3) is 16.7 Å². The number of carboxylic acid groups (broad SMARTS) is 1. The van der Waals surface area contributed by atoms with Gasteiger partial charge in [-0.1, -0.05) is 23.2 Å². The van der Waals surface area contributed by atoms with Gasteiger partial charge in [0, 0.05) is 0 Å². The number of hydrogen-bond acceptors (Lipinski definition) is 6. The molecule has 0 saturated heterocycles. The quantitative estimate of drug-likeness (QED) is 0.589. The standard InChI is InChI=1S/C17H14Cl2N6O3/c18-8-3-4-9(19)14-12(8)16(26)25(11-6-21-10(20)5-22-11)15(23-14)13(7-1-2-7)24-17(27)28/h3-7,13,24H,1-2H2,(H2,20,21)(H,27,28). The van der Waals surface area contributed by atoms with Crippen molar-refractivity contribution in [3.63, 3.8) is 0 Å². The van der Waals surface area contributed by atoms with Gasteiger partial charge >= 0.3 is 6.09 Å². The van der Waals surface area contributed by atoms with Crippen LogP contribution in [0.5, 0.6) is 0 Å². The summed E-state index contributed by atoms with van der Waals surface area (Å²) in [7, 11) is 0. The van der Waals surface area contributed by atoms with Crippen LogP contribution < -0.4 is 16.6 Å². The molecular weight excluding hydrogens is 407 g/mol. The summed E-state index contributed by atoms with van der Waals surface area (Å²) in [6, 6.07) is 2.32. The third-order valence-corrected chi connectivity index (χ3v) is 5.11. The number of rotatable bonds is 4. The molecular formula is C17H14Cl2N6O3. The molecule has 1 amide bonds. The normalized spacial score (nSPS) is 14.8. The van der Waals surface area contributed by atoms with Crippen LogP contribution in [-0.4, -0.2) is 30.7 Å². The lowest BCUT2D eigenvalue weighted by molar-refractivity contribution is 0.187. The van der Waals surface area contributed by atoms with Crippen molar-refractivity contribution in [3.8, 4) is 5.82 Å². The highest BCUT2D eigenvalue weighted by Gasteiger charge is 2.37. The van der Waals surface area contributed by atoms with E-state index in [1.165, 1.54) is 29.1 Å². The van der Waals surface area contributed by atoms with Gasteiger partial charge in [-0.15, -0.1) is 0 Å². The number of amides is 1. The molecule has 9 nitrogen and oxygen atoms in total. The SMILES string of the molecule is Nc1cnc(-n2c(C(NC(=O)O)C3CC3)nc3c(Cl)ccc(Cl)c3c2=O)cn1. The Kier molecular flexibility index (Phi) is 4.56. The minimum atomic E-state index is -1.22. The van der Waals surface area contributed by atoms with E-state index in [1.54, 1.807) is 0 Å². The minimum absolute atomic E-state index is 0.00593. The highest BCUT2D eigenvalue weighted by molar-refractivity contribution is 6.39. The average Bonchev–Trinajstić information content (AvgIpc) is 3.48. The maximum atomic E-state index is 13.3. The summed E-state index contributed by atoms with van der Waals surface area (Å²) < 4.78 is 1.20. The Labute approximate surface area is 168 Å². The molecule has 1 saturated carbocycles. The second kappa shape index (κ2) is 6.92. The fourth-order valence-electron chi connectivity index (χ4n) is 3.07. The van der Waals surface area contributed by atoms with Gasteiger partial charge in [-0.05, 0) is 30.9 Å². The van der Waals surface area contributed by atoms with Crippen molar-refractivity contribution in [1.29, 1.82) is 0 Å². The molecule has 3 aromatic rings. The van der Waals surface area contributed by atoms with E-state index in [0.29, 0.717) is 0 Å². The monoisotopic (exact) mass is 420 g/mol. The Bertz CT molecular complexity index is 1140. The van der Waals surface area contributed by atoms with Crippen LogP contribution in [0.15, 0.2) is 29.3 Å². The molecule has 1 aliphatic rings. The van der Waals surface area contributed by atoms with Gasteiger partial charge in [-0.2, -0.15) is 0 Å². The Morgan fingerprint density at radius 1 is 1.25 bits per heavy atom. The molecule has 0 bridgehead atoms. The van der Waals surface area contributed by atoms with E-state index >= 15 is 0 Å². The number of aromatic nitrogens is 4. The van der Waals surface area contributed by atoms with Gasteiger partial charge in [-0.3, -0.25) is 4.79 Å². The molecule has 0 radical (unpaired) electrons. The number of nitrogens with one attached hydrogen (secondary N) is 1. The number of benzene rings is 1. The second-order valence-electron chi connectivity index (χ2n) is 6.43. The average molecular weight is 421 g/mol. The van der Waals surface area contributed by atoms with Gasteiger partial charge in [-0.25, -0.2) is 24.3 Å². The maximum absolute atomic E-state index is 13.3. The first-order valence-corrected chi connectivity index (χ1v) is 9.10. The van der Waals surface area contributed by atoms with E-state index in [-0.39, 0.29) is 44.3 Å². The van der Waals surface area contributed by atoms with Gasteiger partial charge in [0.15, 0.2) is 5.82 Å². The predicted molar refractivity (Wildman–Crippen MR) is 104 cm³/mol. The van der Waals surface area contributed by atoms with Crippen LogP contribution in [0.2, 0.25) is 10.0 Å². The first-order valence-electron chi connectivity index (χ1n) is 8.35. The van der Waals surface area contributed by atoms with E-state index in [1.807, 2.05) is 0 Å². The molecule has 28 heavy (non-hydrogen) atoms. The Morgan fingerprint density at radius 2 is 1.96 bits per heavy atom. The zero-order valence-electron chi connectivity index (χ0n) is 14.3. The van der Waals surface area contributed by atoms with Crippen molar-refractivity contribution in [2.75, 3.05) is 5.73 Å². The molecule has 0 aliphatic heterocycles. The van der Waals surface area contributed by atoms with Gasteiger partial charge in [0.2, 0.25) is 0 Å². The highest BCUT2D eigenvalue weighted by Crippen LogP contribution is 2.41. The molecule has 1 aliphatic carbocycles. The summed E-state index contributed by atoms with van der Waals surface area (Å²) in [5, 5.41) is 12.3. The molecule has 2 heterocycles. The van der Waals surface area contributed by atoms with Crippen LogP contribution in [0.4, 0.5) is 10.6 Å². The first-order chi connectivity index (χ1) is 13.4. The van der Waals surface area contributed by atoms with E-state index in [2.05, 4.69) is 20.3 Å². The molecule has 4 N–H and O–H groups in total. The van der Waals surface area contributed by atoms with Crippen LogP contribution in [0.1, 0.15) is 24.7 Å². The first kappa shape index (κ1) is 18.5. The number of anilines is 1. The van der Waals surface area contributed by atoms with Crippen molar-refractivity contribution < 1.29 is 9.90 Å². The summed E-state index contributed by atoms with van der Waals surface area (Å²) in [6.07, 6.45) is 2.99. The fourth-order valence-corrected chi connectivity index (χ4v) is 3.50. The van der Waals surface area contributed by atoms with Crippen LogP contribution in [0.3, 0.4) is 0 Å². The van der Waals surface area contributed by atoms with Crippen molar-refractivity contribution in [2.24, 2.45) is 5.92 Å². The number of nitrogen functional groups attached to an aromatic ring is 1. The lowest BCUT2D eigenvalue weighted by atomic mass is 10.1. The molecule has 1 unspecified atom stereocenters. The van der Waals surface area contributed by atoms with E-state index < -0.39 is 17.7 Å². The molecule has 1 atom stereocenters. The lowest BCUT2D eigenvalue weighted by Gasteiger charge is -2.21. The third kappa shape index (κ3) is 3.23. The largest absolute Gasteiger partial charge is 0.465 e. The summed E-state index contributed by atoms with van der Waals surface area (Å²) in [4.78, 5) is 37.4. The van der Waals surface area contributed by atoms with Gasteiger partial charge in [0.25, 0.3) is 5.56 Å². The summed E-state index contributed by atoms with van der Waals surface area (Å²) >= 11 is 12.5. The van der Waals surface area contributed by atoms with Crippen molar-refractivity contribution in [3.05, 3.63) is 50.7 Å². The Balaban J connectivity index is 2.07. The molecule has 4 rings (SSSR count). The molecule has 0 spiro atoms. The molecule has 1 aromatic carbocycles. The second-order valence-corrected chi connectivity index (χ2v) is 7.24. The number of carbonyl (C=O) groups is 1. The van der Waals surface area contributed by atoms with E-state index in [9.17, 15) is 14.7 Å². The van der Waals surface area contributed by atoms with Gasteiger partial charge < -0.3 is 16.2 Å². The van der Waals surface area contributed by atoms with Gasteiger partial charge in [0.1, 0.15) is 11.6 Å². The van der Waals surface area contributed by atoms with E-state index in [0.717, 1.165) is 12.8 Å². The lowest BCUT2D eigenvalue weighted by Crippen LogP contribution is -2.35. The molecule has 11 heteroatoms. The van der Waals surface area contributed by atoms with Crippen molar-refractivity contribution in [1.82, 2.24) is 24.8 Å². The Morgan fingerprint density at radius 3 is 2.57 bits per heavy atom. The van der Waals surface area contributed by atoms with Gasteiger partial charge in [0.05, 0.1) is 39.4 Å².